The van der Waals surface area contributed by atoms with Crippen molar-refractivity contribution >= 4 is 11.6 Å². The van der Waals surface area contributed by atoms with Crippen molar-refractivity contribution < 1.29 is 18.3 Å². The summed E-state index contributed by atoms with van der Waals surface area (Å²) in [4.78, 5) is 15.0. The zero-order valence-corrected chi connectivity index (χ0v) is 12.7. The zero-order chi connectivity index (χ0) is 16.3. The van der Waals surface area contributed by atoms with Gasteiger partial charge in [0.2, 0.25) is 0 Å². The number of nitrogens with one attached hydrogen (secondary N) is 2. The van der Waals surface area contributed by atoms with Crippen LogP contribution in [0.5, 0.6) is 5.75 Å². The first-order chi connectivity index (χ1) is 10.4. The van der Waals surface area contributed by atoms with Gasteiger partial charge in [0.15, 0.2) is 11.6 Å². The van der Waals surface area contributed by atoms with Gasteiger partial charge in [-0.2, -0.15) is 0 Å². The maximum absolute atomic E-state index is 13.6. The van der Waals surface area contributed by atoms with Crippen LogP contribution in [-0.4, -0.2) is 18.0 Å². The van der Waals surface area contributed by atoms with E-state index in [0.717, 1.165) is 18.1 Å². The van der Waals surface area contributed by atoms with Crippen LogP contribution in [0.4, 0.5) is 14.5 Å². The van der Waals surface area contributed by atoms with E-state index in [1.807, 2.05) is 0 Å². The molecule has 0 saturated heterocycles. The van der Waals surface area contributed by atoms with Gasteiger partial charge in [0.25, 0.3) is 5.91 Å². The van der Waals surface area contributed by atoms with Crippen LogP contribution in [0.3, 0.4) is 0 Å². The van der Waals surface area contributed by atoms with Crippen molar-refractivity contribution in [2.75, 3.05) is 12.4 Å². The molecule has 0 atom stereocenters. The van der Waals surface area contributed by atoms with E-state index in [1.165, 1.54) is 7.11 Å². The Kier molecular flexibility index (Phi) is 4.80. The molecule has 0 spiro atoms. The van der Waals surface area contributed by atoms with Gasteiger partial charge in [0.05, 0.1) is 12.8 Å². The molecule has 0 unspecified atom stereocenters. The topological polar surface area (TPSA) is 54.1 Å². The van der Waals surface area contributed by atoms with E-state index in [0.29, 0.717) is 17.7 Å². The van der Waals surface area contributed by atoms with Gasteiger partial charge in [-0.3, -0.25) is 4.79 Å². The summed E-state index contributed by atoms with van der Waals surface area (Å²) >= 11 is 0. The van der Waals surface area contributed by atoms with E-state index in [4.69, 9.17) is 4.74 Å². The maximum atomic E-state index is 13.6. The van der Waals surface area contributed by atoms with Crippen molar-refractivity contribution in [3.63, 3.8) is 0 Å². The van der Waals surface area contributed by atoms with Crippen molar-refractivity contribution in [2.45, 2.75) is 20.3 Å². The van der Waals surface area contributed by atoms with Crippen LogP contribution in [0.2, 0.25) is 0 Å². The molecule has 6 heteroatoms. The molecule has 4 nitrogen and oxygen atoms in total. The van der Waals surface area contributed by atoms with Crippen molar-refractivity contribution in [2.24, 2.45) is 5.92 Å². The third kappa shape index (κ3) is 3.63. The van der Waals surface area contributed by atoms with Crippen molar-refractivity contribution in [1.82, 2.24) is 4.98 Å². The van der Waals surface area contributed by atoms with Crippen LogP contribution in [-0.2, 0) is 6.42 Å². The van der Waals surface area contributed by atoms with Gasteiger partial charge in [-0.25, -0.2) is 8.78 Å². The van der Waals surface area contributed by atoms with Gasteiger partial charge >= 0.3 is 0 Å². The minimum atomic E-state index is -0.871. The molecule has 2 N–H and O–H groups in total. The molecule has 2 rings (SSSR count). The highest BCUT2D eigenvalue weighted by atomic mass is 19.1. The number of methoxy groups -OCH3 is 1. The Morgan fingerprint density at radius 3 is 2.68 bits per heavy atom. The van der Waals surface area contributed by atoms with Crippen LogP contribution in [0, 0.1) is 17.6 Å². The number of H-pyrrole nitrogens is 1. The number of aromatic amines is 1. The summed E-state index contributed by atoms with van der Waals surface area (Å²) in [5.41, 5.74) is 1.27. The van der Waals surface area contributed by atoms with Crippen LogP contribution in [0.25, 0.3) is 0 Å². The lowest BCUT2D eigenvalue weighted by Crippen LogP contribution is -2.13. The third-order valence-corrected chi connectivity index (χ3v) is 3.09. The van der Waals surface area contributed by atoms with Crippen molar-refractivity contribution in [3.8, 4) is 5.75 Å². The largest absolute Gasteiger partial charge is 0.492 e. The number of anilines is 1. The SMILES string of the molecule is COc1c(F)cc(F)cc1NC(=O)c1cc(CC(C)C)c[nH]1. The van der Waals surface area contributed by atoms with Gasteiger partial charge in [-0.1, -0.05) is 13.8 Å². The fourth-order valence-electron chi connectivity index (χ4n) is 2.21. The standard InChI is InChI=1S/C16H18F2N2O2/c1-9(2)4-10-5-14(19-8-10)16(21)20-13-7-11(17)6-12(18)15(13)22-3/h5-9,19H,4H2,1-3H3,(H,20,21). The molecule has 0 bridgehead atoms. The van der Waals surface area contributed by atoms with E-state index in [9.17, 15) is 13.6 Å². The van der Waals surface area contributed by atoms with E-state index in [-0.39, 0.29) is 11.4 Å². The van der Waals surface area contributed by atoms with E-state index in [1.54, 1.807) is 12.3 Å². The summed E-state index contributed by atoms with van der Waals surface area (Å²) in [5.74, 6) is -1.89. The normalized spacial score (nSPS) is 10.8. The van der Waals surface area contributed by atoms with Crippen LogP contribution in [0.15, 0.2) is 24.4 Å². The molecule has 0 aliphatic carbocycles. The molecule has 0 aliphatic rings. The zero-order valence-electron chi connectivity index (χ0n) is 12.7. The first kappa shape index (κ1) is 16.0. The van der Waals surface area contributed by atoms with Crippen molar-refractivity contribution in [1.29, 1.82) is 0 Å². The second-order valence-electron chi connectivity index (χ2n) is 5.44. The first-order valence-electron chi connectivity index (χ1n) is 6.92. The molecule has 1 aromatic carbocycles. The fourth-order valence-corrected chi connectivity index (χ4v) is 2.21. The van der Waals surface area contributed by atoms with Crippen LogP contribution in [0.1, 0.15) is 29.9 Å². The molecule has 1 heterocycles. The number of rotatable bonds is 5. The first-order valence-corrected chi connectivity index (χ1v) is 6.92. The molecular weight excluding hydrogens is 290 g/mol. The molecule has 22 heavy (non-hydrogen) atoms. The number of hydrogen-bond acceptors (Lipinski definition) is 2. The number of aromatic nitrogens is 1. The Morgan fingerprint density at radius 1 is 1.32 bits per heavy atom. The van der Waals surface area contributed by atoms with Crippen molar-refractivity contribution in [3.05, 3.63) is 47.3 Å². The number of hydrogen-bond donors (Lipinski definition) is 2. The van der Waals surface area contributed by atoms with Crippen LogP contribution >= 0.6 is 0 Å². The lowest BCUT2D eigenvalue weighted by Gasteiger charge is -2.10. The molecule has 1 aromatic heterocycles. The van der Waals surface area contributed by atoms with E-state index in [2.05, 4.69) is 24.1 Å². The summed E-state index contributed by atoms with van der Waals surface area (Å²) < 4.78 is 31.7. The summed E-state index contributed by atoms with van der Waals surface area (Å²) in [5, 5.41) is 2.45. The Hall–Kier alpha value is -2.37. The molecular formula is C16H18F2N2O2. The Balaban J connectivity index is 2.20. The monoisotopic (exact) mass is 308 g/mol. The predicted molar refractivity (Wildman–Crippen MR) is 80.2 cm³/mol. The van der Waals surface area contributed by atoms with Gasteiger partial charge in [0, 0.05) is 18.3 Å². The molecule has 1 amide bonds. The quantitative estimate of drug-likeness (QED) is 0.884. The fraction of sp³-hybridized carbons (Fsp3) is 0.312. The minimum Gasteiger partial charge on any atom is -0.492 e. The summed E-state index contributed by atoms with van der Waals surface area (Å²) in [6, 6.07) is 3.43. The molecule has 0 radical (unpaired) electrons. The highest BCUT2D eigenvalue weighted by molar-refractivity contribution is 6.03. The number of carbonyl (C=O) groups excluding carboxylic acids is 1. The average Bonchev–Trinajstić information content (AvgIpc) is 2.86. The second-order valence-corrected chi connectivity index (χ2v) is 5.44. The minimum absolute atomic E-state index is 0.0509. The number of halogens is 2. The highest BCUT2D eigenvalue weighted by Crippen LogP contribution is 2.29. The molecule has 118 valence electrons. The van der Waals surface area contributed by atoms with E-state index >= 15 is 0 Å². The van der Waals surface area contributed by atoms with Gasteiger partial charge in [0.1, 0.15) is 11.5 Å². The maximum Gasteiger partial charge on any atom is 0.272 e. The Labute approximate surface area is 127 Å². The lowest BCUT2D eigenvalue weighted by atomic mass is 10.1. The number of ether oxygens (including phenoxy) is 1. The highest BCUT2D eigenvalue weighted by Gasteiger charge is 2.16. The van der Waals surface area contributed by atoms with E-state index < -0.39 is 17.5 Å². The number of carbonyl (C=O) groups is 1. The summed E-state index contributed by atoms with van der Waals surface area (Å²) in [7, 11) is 1.25. The van der Waals surface area contributed by atoms with Gasteiger partial charge < -0.3 is 15.0 Å². The smallest absolute Gasteiger partial charge is 0.272 e. The molecule has 0 fully saturated rings. The van der Waals surface area contributed by atoms with Gasteiger partial charge in [-0.15, -0.1) is 0 Å². The molecule has 0 aliphatic heterocycles. The second kappa shape index (κ2) is 6.60. The van der Waals surface area contributed by atoms with Crippen LogP contribution < -0.4 is 10.1 Å². The summed E-state index contributed by atoms with van der Waals surface area (Å²) in [6.07, 6.45) is 2.58. The average molecular weight is 308 g/mol. The molecule has 2 aromatic rings. The Bertz CT molecular complexity index is 681. The number of amides is 1. The molecule has 0 saturated carbocycles. The van der Waals surface area contributed by atoms with Gasteiger partial charge in [-0.05, 0) is 24.0 Å². The third-order valence-electron chi connectivity index (χ3n) is 3.09. The Morgan fingerprint density at radius 2 is 2.05 bits per heavy atom. The number of benzene rings is 1. The lowest BCUT2D eigenvalue weighted by molar-refractivity contribution is 0.102. The summed E-state index contributed by atoms with van der Waals surface area (Å²) in [6.45, 7) is 4.15. The predicted octanol–water partition coefficient (Wildman–Crippen LogP) is 3.75.